The third-order valence-corrected chi connectivity index (χ3v) is 11.3. The minimum Gasteiger partial charge on any atom is -0.310 e. The summed E-state index contributed by atoms with van der Waals surface area (Å²) < 4.78 is 2.37. The van der Waals surface area contributed by atoms with Gasteiger partial charge in [-0.3, -0.25) is 0 Å². The highest BCUT2D eigenvalue weighted by molar-refractivity contribution is 6.11. The van der Waals surface area contributed by atoms with E-state index in [1.807, 2.05) is 0 Å². The molecule has 0 atom stereocenters. The molecular weight excluding hydrogens is 677 g/mol. The van der Waals surface area contributed by atoms with Gasteiger partial charge in [0.15, 0.2) is 0 Å². The molecule has 0 spiro atoms. The number of nitrogens with zero attached hydrogens (tertiary/aromatic N) is 2. The van der Waals surface area contributed by atoms with Crippen LogP contribution >= 0.6 is 0 Å². The lowest BCUT2D eigenvalue weighted by atomic mass is 9.97. The normalized spacial score (nSPS) is 11.6. The number of hydrogen-bond acceptors (Lipinski definition) is 1. The van der Waals surface area contributed by atoms with E-state index in [4.69, 9.17) is 0 Å². The second-order valence-corrected chi connectivity index (χ2v) is 14.6. The maximum Gasteiger partial charge on any atom is 0.0542 e. The first-order valence-electron chi connectivity index (χ1n) is 19.2. The monoisotopic (exact) mass is 712 g/mol. The number of benzene rings is 10. The molecule has 10 aromatic carbocycles. The lowest BCUT2D eigenvalue weighted by Gasteiger charge is -2.26. The lowest BCUT2D eigenvalue weighted by Crippen LogP contribution is -2.10. The third kappa shape index (κ3) is 5.51. The molecule has 0 saturated heterocycles. The van der Waals surface area contributed by atoms with Gasteiger partial charge in [0.25, 0.3) is 0 Å². The van der Waals surface area contributed by atoms with Crippen LogP contribution in [-0.4, -0.2) is 4.57 Å². The molecule has 1 aromatic heterocycles. The summed E-state index contributed by atoms with van der Waals surface area (Å²) >= 11 is 0. The van der Waals surface area contributed by atoms with Crippen LogP contribution in [0, 0.1) is 0 Å². The molecule has 11 aromatic rings. The summed E-state index contributed by atoms with van der Waals surface area (Å²) in [6.45, 7) is 0. The zero-order valence-electron chi connectivity index (χ0n) is 30.7. The van der Waals surface area contributed by atoms with E-state index >= 15 is 0 Å². The number of para-hydroxylation sites is 2. The Hall–Kier alpha value is -7.42. The molecule has 2 heteroatoms. The summed E-state index contributed by atoms with van der Waals surface area (Å²) in [4.78, 5) is 2.40. The van der Waals surface area contributed by atoms with Crippen molar-refractivity contribution in [2.75, 3.05) is 4.90 Å². The molecule has 56 heavy (non-hydrogen) atoms. The summed E-state index contributed by atoms with van der Waals surface area (Å²) in [6.07, 6.45) is 0. The Balaban J connectivity index is 1.00. The highest BCUT2D eigenvalue weighted by atomic mass is 15.1. The van der Waals surface area contributed by atoms with Crippen molar-refractivity contribution in [1.29, 1.82) is 0 Å². The molecular formula is C54H36N2. The second-order valence-electron chi connectivity index (χ2n) is 14.6. The molecule has 0 N–H and O–H groups in total. The smallest absolute Gasteiger partial charge is 0.0542 e. The number of fused-ring (bicyclic) bond motifs is 6. The Kier molecular flexibility index (Phi) is 7.53. The highest BCUT2D eigenvalue weighted by Crippen LogP contribution is 2.41. The Labute approximate surface area is 325 Å². The van der Waals surface area contributed by atoms with Crippen LogP contribution in [0.1, 0.15) is 0 Å². The SMILES string of the molecule is c1ccc(-n2c3ccccc3c3cc(N(c4ccc5ccccc5c4)c4ccc5cc(-c6ccc(-c7ccc8ccccc8c7)cc6)ccc5c4)ccc32)cc1. The topological polar surface area (TPSA) is 8.17 Å². The maximum atomic E-state index is 2.40. The molecule has 0 bridgehead atoms. The van der Waals surface area contributed by atoms with Crippen molar-refractivity contribution < 1.29 is 0 Å². The van der Waals surface area contributed by atoms with Gasteiger partial charge in [-0.15, -0.1) is 0 Å². The lowest BCUT2D eigenvalue weighted by molar-refractivity contribution is 1.18. The molecule has 0 radical (unpaired) electrons. The van der Waals surface area contributed by atoms with Crippen LogP contribution in [0.15, 0.2) is 218 Å². The molecule has 0 aliphatic rings. The summed E-state index contributed by atoms with van der Waals surface area (Å²) in [6, 6.07) is 79.6. The van der Waals surface area contributed by atoms with E-state index in [0.717, 1.165) is 22.7 Å². The van der Waals surface area contributed by atoms with E-state index < -0.39 is 0 Å². The van der Waals surface area contributed by atoms with E-state index in [2.05, 4.69) is 228 Å². The number of aromatic nitrogens is 1. The van der Waals surface area contributed by atoms with Crippen molar-refractivity contribution in [2.45, 2.75) is 0 Å². The van der Waals surface area contributed by atoms with Crippen LogP contribution in [0.25, 0.3) is 82.1 Å². The molecule has 11 rings (SSSR count). The Bertz CT molecular complexity index is 3250. The summed E-state index contributed by atoms with van der Waals surface area (Å²) in [5.74, 6) is 0. The molecule has 0 amide bonds. The minimum atomic E-state index is 1.12. The van der Waals surface area contributed by atoms with Crippen molar-refractivity contribution in [3.8, 4) is 27.9 Å². The Morgan fingerprint density at radius 1 is 0.268 bits per heavy atom. The van der Waals surface area contributed by atoms with Crippen LogP contribution in [0.2, 0.25) is 0 Å². The van der Waals surface area contributed by atoms with Gasteiger partial charge in [0.1, 0.15) is 0 Å². The van der Waals surface area contributed by atoms with Crippen LogP contribution in [-0.2, 0) is 0 Å². The fourth-order valence-electron chi connectivity index (χ4n) is 8.49. The third-order valence-electron chi connectivity index (χ3n) is 11.3. The maximum absolute atomic E-state index is 2.40. The highest BCUT2D eigenvalue weighted by Gasteiger charge is 2.18. The second kappa shape index (κ2) is 13.2. The largest absolute Gasteiger partial charge is 0.310 e. The van der Waals surface area contributed by atoms with E-state index in [-0.39, 0.29) is 0 Å². The van der Waals surface area contributed by atoms with Gasteiger partial charge in [-0.25, -0.2) is 0 Å². The fourth-order valence-corrected chi connectivity index (χ4v) is 8.49. The van der Waals surface area contributed by atoms with E-state index in [9.17, 15) is 0 Å². The van der Waals surface area contributed by atoms with Gasteiger partial charge in [0, 0.05) is 33.5 Å². The van der Waals surface area contributed by atoms with E-state index in [0.29, 0.717) is 0 Å². The molecule has 2 nitrogen and oxygen atoms in total. The van der Waals surface area contributed by atoms with Crippen molar-refractivity contribution in [2.24, 2.45) is 0 Å². The van der Waals surface area contributed by atoms with Crippen molar-refractivity contribution in [3.63, 3.8) is 0 Å². The van der Waals surface area contributed by atoms with Gasteiger partial charge in [0.2, 0.25) is 0 Å². The zero-order chi connectivity index (χ0) is 37.0. The average Bonchev–Trinajstić information content (AvgIpc) is 3.60. The van der Waals surface area contributed by atoms with Crippen molar-refractivity contribution in [3.05, 3.63) is 218 Å². The standard InChI is InChI=1S/C54H36N2/c1-2-14-47(15-3-1)56-53-17-9-8-16-51(53)52-36-50(30-31-54(52)56)55(48-28-26-38-11-5-7-13-42(38)34-48)49-29-27-45-33-44(24-25-46(45)35-49)40-20-18-39(19-21-40)43-23-22-37-10-4-6-12-41(37)32-43/h1-36H. The molecule has 0 aliphatic heterocycles. The van der Waals surface area contributed by atoms with E-state index in [1.165, 1.54) is 76.4 Å². The minimum absolute atomic E-state index is 1.12. The van der Waals surface area contributed by atoms with Gasteiger partial charge in [-0.2, -0.15) is 0 Å². The Morgan fingerprint density at radius 3 is 1.38 bits per heavy atom. The van der Waals surface area contributed by atoms with Crippen LogP contribution in [0.5, 0.6) is 0 Å². The van der Waals surface area contributed by atoms with Crippen LogP contribution in [0.3, 0.4) is 0 Å². The first-order valence-corrected chi connectivity index (χ1v) is 19.2. The predicted molar refractivity (Wildman–Crippen MR) is 239 cm³/mol. The molecule has 1 heterocycles. The van der Waals surface area contributed by atoms with Gasteiger partial charge in [0.05, 0.1) is 11.0 Å². The first kappa shape index (κ1) is 32.0. The summed E-state index contributed by atoms with van der Waals surface area (Å²) in [5, 5.41) is 9.85. The molecule has 262 valence electrons. The molecule has 0 saturated carbocycles. The fraction of sp³-hybridized carbons (Fsp3) is 0. The molecule has 0 unspecified atom stereocenters. The number of rotatable bonds is 6. The predicted octanol–water partition coefficient (Wildman–Crippen LogP) is 15.0. The average molecular weight is 713 g/mol. The van der Waals surface area contributed by atoms with Gasteiger partial charge >= 0.3 is 0 Å². The van der Waals surface area contributed by atoms with Crippen LogP contribution in [0.4, 0.5) is 17.1 Å². The zero-order valence-corrected chi connectivity index (χ0v) is 30.7. The summed E-state index contributed by atoms with van der Waals surface area (Å²) in [5.41, 5.74) is 11.8. The van der Waals surface area contributed by atoms with E-state index in [1.54, 1.807) is 0 Å². The van der Waals surface area contributed by atoms with Crippen molar-refractivity contribution in [1.82, 2.24) is 4.57 Å². The molecule has 0 fully saturated rings. The number of anilines is 3. The van der Waals surface area contributed by atoms with Crippen molar-refractivity contribution >= 4 is 71.2 Å². The van der Waals surface area contributed by atoms with Gasteiger partial charge < -0.3 is 9.47 Å². The quantitative estimate of drug-likeness (QED) is 0.167. The number of hydrogen-bond donors (Lipinski definition) is 0. The van der Waals surface area contributed by atoms with Gasteiger partial charge in [-0.1, -0.05) is 146 Å². The Morgan fingerprint density at radius 2 is 0.696 bits per heavy atom. The van der Waals surface area contributed by atoms with Crippen LogP contribution < -0.4 is 4.90 Å². The first-order chi connectivity index (χ1) is 27.7. The molecule has 0 aliphatic carbocycles. The summed E-state index contributed by atoms with van der Waals surface area (Å²) in [7, 11) is 0. The van der Waals surface area contributed by atoms with Gasteiger partial charge in [-0.05, 0) is 127 Å².